The molecule has 3 nitrogen and oxygen atoms in total. The Morgan fingerprint density at radius 3 is 2.50 bits per heavy atom. The fourth-order valence-corrected chi connectivity index (χ4v) is 2.21. The predicted molar refractivity (Wildman–Crippen MR) is 64.7 cm³/mol. The number of methoxy groups -OCH3 is 1. The molecule has 1 aromatic carbocycles. The molecule has 0 aliphatic heterocycles. The summed E-state index contributed by atoms with van der Waals surface area (Å²) in [5.41, 5.74) is 1.04. The predicted octanol–water partition coefficient (Wildman–Crippen LogP) is 2.87. The van der Waals surface area contributed by atoms with E-state index in [0.29, 0.717) is 0 Å². The Labute approximate surface area is 98.4 Å². The van der Waals surface area contributed by atoms with E-state index in [0.717, 1.165) is 21.2 Å². The van der Waals surface area contributed by atoms with Crippen LogP contribution in [0.3, 0.4) is 0 Å². The van der Waals surface area contributed by atoms with E-state index in [1.165, 1.54) is 11.3 Å². The van der Waals surface area contributed by atoms with Crippen molar-refractivity contribution in [2.45, 2.75) is 13.0 Å². The van der Waals surface area contributed by atoms with Gasteiger partial charge in [0.15, 0.2) is 0 Å². The van der Waals surface area contributed by atoms with Crippen molar-refractivity contribution >= 4 is 11.3 Å². The Bertz CT molecular complexity index is 462. The van der Waals surface area contributed by atoms with E-state index in [-0.39, 0.29) is 0 Å². The minimum absolute atomic E-state index is 0.454. The molecule has 0 aliphatic rings. The summed E-state index contributed by atoms with van der Waals surface area (Å²) >= 11 is 1.51. The highest BCUT2D eigenvalue weighted by Gasteiger charge is 2.08. The third-order valence-corrected chi connectivity index (χ3v) is 3.49. The molecule has 0 spiro atoms. The summed E-state index contributed by atoms with van der Waals surface area (Å²) in [6.07, 6.45) is 1.26. The number of aliphatic hydroxyl groups is 1. The third-order valence-electron chi connectivity index (χ3n) is 2.27. The summed E-state index contributed by atoms with van der Waals surface area (Å²) in [5.74, 6) is 0.830. The highest BCUT2D eigenvalue weighted by molar-refractivity contribution is 7.15. The number of aliphatic hydroxyl groups excluding tert-OH is 1. The van der Waals surface area contributed by atoms with Gasteiger partial charge < -0.3 is 9.84 Å². The molecule has 0 aliphatic carbocycles. The molecular formula is C12H13NO2S. The molecule has 0 amide bonds. The van der Waals surface area contributed by atoms with E-state index in [9.17, 15) is 5.11 Å². The molecule has 0 saturated heterocycles. The van der Waals surface area contributed by atoms with E-state index in [2.05, 4.69) is 4.98 Å². The normalized spacial score (nSPS) is 12.4. The molecule has 0 fully saturated rings. The first-order valence-corrected chi connectivity index (χ1v) is 5.80. The fraction of sp³-hybridized carbons (Fsp3) is 0.250. The molecule has 84 valence electrons. The number of aromatic nitrogens is 1. The van der Waals surface area contributed by atoms with E-state index >= 15 is 0 Å². The summed E-state index contributed by atoms with van der Waals surface area (Å²) < 4.78 is 5.09. The Morgan fingerprint density at radius 2 is 2.00 bits per heavy atom. The topological polar surface area (TPSA) is 42.4 Å². The highest BCUT2D eigenvalue weighted by atomic mass is 32.1. The number of thiazole rings is 1. The van der Waals surface area contributed by atoms with Gasteiger partial charge in [-0.05, 0) is 31.2 Å². The van der Waals surface area contributed by atoms with Crippen LogP contribution in [0.15, 0.2) is 30.5 Å². The molecule has 0 bridgehead atoms. The monoisotopic (exact) mass is 235 g/mol. The number of rotatable bonds is 3. The summed E-state index contributed by atoms with van der Waals surface area (Å²) in [6.45, 7) is 1.74. The van der Waals surface area contributed by atoms with Crippen molar-refractivity contribution in [3.63, 3.8) is 0 Å². The number of nitrogens with zero attached hydrogens (tertiary/aromatic N) is 1. The maximum absolute atomic E-state index is 9.42. The summed E-state index contributed by atoms with van der Waals surface area (Å²) in [5, 5.41) is 10.3. The van der Waals surface area contributed by atoms with Crippen LogP contribution in [0.2, 0.25) is 0 Å². The molecule has 0 radical (unpaired) electrons. The molecule has 2 aromatic rings. The zero-order chi connectivity index (χ0) is 11.5. The van der Waals surface area contributed by atoms with Crippen LogP contribution in [0.1, 0.15) is 17.9 Å². The van der Waals surface area contributed by atoms with Crippen molar-refractivity contribution < 1.29 is 9.84 Å². The van der Waals surface area contributed by atoms with Gasteiger partial charge in [-0.3, -0.25) is 0 Å². The lowest BCUT2D eigenvalue weighted by molar-refractivity contribution is 0.203. The lowest BCUT2D eigenvalue weighted by Gasteiger charge is -2.00. The zero-order valence-electron chi connectivity index (χ0n) is 9.18. The first kappa shape index (κ1) is 11.1. The summed E-state index contributed by atoms with van der Waals surface area (Å²) in [4.78, 5) is 5.16. The number of ether oxygens (including phenoxy) is 1. The Morgan fingerprint density at radius 1 is 1.31 bits per heavy atom. The summed E-state index contributed by atoms with van der Waals surface area (Å²) in [6, 6.07) is 7.73. The lowest BCUT2D eigenvalue weighted by Crippen LogP contribution is -1.83. The molecule has 2 rings (SSSR count). The number of hydrogen-bond acceptors (Lipinski definition) is 4. The van der Waals surface area contributed by atoms with Crippen LogP contribution in [0.4, 0.5) is 0 Å². The quantitative estimate of drug-likeness (QED) is 0.889. The number of hydrogen-bond donors (Lipinski definition) is 1. The van der Waals surface area contributed by atoms with Gasteiger partial charge in [0, 0.05) is 11.8 Å². The molecule has 1 aromatic heterocycles. The molecule has 1 heterocycles. The van der Waals surface area contributed by atoms with Crippen molar-refractivity contribution in [2.24, 2.45) is 0 Å². The average Bonchev–Trinajstić information content (AvgIpc) is 2.78. The van der Waals surface area contributed by atoms with Gasteiger partial charge in [0.1, 0.15) is 10.8 Å². The fourth-order valence-electron chi connectivity index (χ4n) is 1.35. The van der Waals surface area contributed by atoms with Crippen LogP contribution >= 0.6 is 11.3 Å². The lowest BCUT2D eigenvalue weighted by atomic mass is 10.2. The molecule has 1 N–H and O–H groups in total. The van der Waals surface area contributed by atoms with Gasteiger partial charge in [-0.25, -0.2) is 4.98 Å². The first-order valence-electron chi connectivity index (χ1n) is 4.99. The minimum Gasteiger partial charge on any atom is -0.497 e. The van der Waals surface area contributed by atoms with Gasteiger partial charge in [0.05, 0.1) is 18.1 Å². The molecule has 0 saturated carbocycles. The van der Waals surface area contributed by atoms with Crippen molar-refractivity contribution in [3.8, 4) is 16.3 Å². The van der Waals surface area contributed by atoms with Crippen molar-refractivity contribution in [3.05, 3.63) is 35.3 Å². The summed E-state index contributed by atoms with van der Waals surface area (Å²) in [7, 11) is 1.64. The van der Waals surface area contributed by atoms with Gasteiger partial charge in [0.25, 0.3) is 0 Å². The van der Waals surface area contributed by atoms with Gasteiger partial charge >= 0.3 is 0 Å². The van der Waals surface area contributed by atoms with E-state index in [4.69, 9.17) is 4.74 Å². The van der Waals surface area contributed by atoms with E-state index < -0.39 is 6.10 Å². The Kier molecular flexibility index (Phi) is 3.22. The molecule has 16 heavy (non-hydrogen) atoms. The minimum atomic E-state index is -0.454. The van der Waals surface area contributed by atoms with Crippen LogP contribution in [0, 0.1) is 0 Å². The van der Waals surface area contributed by atoms with Crippen LogP contribution in [0.25, 0.3) is 10.6 Å². The second-order valence-corrected chi connectivity index (χ2v) is 4.53. The van der Waals surface area contributed by atoms with Crippen molar-refractivity contribution in [2.75, 3.05) is 7.11 Å². The van der Waals surface area contributed by atoms with Gasteiger partial charge in [0.2, 0.25) is 0 Å². The highest BCUT2D eigenvalue weighted by Crippen LogP contribution is 2.29. The van der Waals surface area contributed by atoms with Gasteiger partial charge in [-0.15, -0.1) is 11.3 Å². The van der Waals surface area contributed by atoms with Gasteiger partial charge in [-0.2, -0.15) is 0 Å². The van der Waals surface area contributed by atoms with E-state index in [1.54, 1.807) is 20.2 Å². The van der Waals surface area contributed by atoms with Crippen LogP contribution in [-0.4, -0.2) is 17.2 Å². The molecule has 1 unspecified atom stereocenters. The smallest absolute Gasteiger partial charge is 0.123 e. The maximum atomic E-state index is 9.42. The SMILES string of the molecule is COc1ccc(-c2ncc(C(C)O)s2)cc1. The zero-order valence-corrected chi connectivity index (χ0v) is 9.99. The molecule has 1 atom stereocenters. The van der Waals surface area contributed by atoms with Crippen molar-refractivity contribution in [1.29, 1.82) is 0 Å². The second kappa shape index (κ2) is 4.63. The molecule has 4 heteroatoms. The molecular weight excluding hydrogens is 222 g/mol. The van der Waals surface area contributed by atoms with E-state index in [1.807, 2.05) is 24.3 Å². The van der Waals surface area contributed by atoms with Crippen LogP contribution < -0.4 is 4.74 Å². The standard InChI is InChI=1S/C12H13NO2S/c1-8(14)11-7-13-12(16-11)9-3-5-10(15-2)6-4-9/h3-8,14H,1-2H3. The second-order valence-electron chi connectivity index (χ2n) is 3.47. The van der Waals surface area contributed by atoms with Crippen LogP contribution in [0.5, 0.6) is 5.75 Å². The van der Waals surface area contributed by atoms with Gasteiger partial charge in [-0.1, -0.05) is 0 Å². The average molecular weight is 235 g/mol. The Balaban J connectivity index is 2.28. The Hall–Kier alpha value is -1.39. The largest absolute Gasteiger partial charge is 0.497 e. The van der Waals surface area contributed by atoms with Crippen molar-refractivity contribution in [1.82, 2.24) is 4.98 Å². The maximum Gasteiger partial charge on any atom is 0.123 e. The first-order chi connectivity index (χ1) is 7.70. The van der Waals surface area contributed by atoms with Crippen LogP contribution in [-0.2, 0) is 0 Å². The number of benzene rings is 1. The third kappa shape index (κ3) is 2.23.